The molecule has 1 fully saturated rings. The normalized spacial score (nSPS) is 14.5. The van der Waals surface area contributed by atoms with Crippen LogP contribution in [0.3, 0.4) is 0 Å². The number of halogens is 4. The van der Waals surface area contributed by atoms with Crippen LogP contribution in [0.4, 0.5) is 24.7 Å². The van der Waals surface area contributed by atoms with E-state index in [1.54, 1.807) is 6.07 Å². The molecule has 1 atom stereocenters. The van der Waals surface area contributed by atoms with Gasteiger partial charge in [0.25, 0.3) is 12.4 Å². The number of rotatable bonds is 13. The lowest BCUT2D eigenvalue weighted by atomic mass is 10.1. The molecule has 0 spiro atoms. The van der Waals surface area contributed by atoms with E-state index in [4.69, 9.17) is 21.6 Å². The van der Waals surface area contributed by atoms with Crippen molar-refractivity contribution in [1.82, 2.24) is 45.4 Å². The molecule has 0 aliphatic carbocycles. The molecule has 2 amide bonds. The zero-order valence-corrected chi connectivity index (χ0v) is 25.2. The summed E-state index contributed by atoms with van der Waals surface area (Å²) in [6, 6.07) is 4.64. The van der Waals surface area contributed by atoms with Crippen LogP contribution in [-0.4, -0.2) is 81.2 Å². The molecule has 3 aromatic heterocycles. The molecule has 47 heavy (non-hydrogen) atoms. The highest BCUT2D eigenvalue weighted by molar-refractivity contribution is 6.36. The molecular weight excluding hydrogens is 647 g/mol. The van der Waals surface area contributed by atoms with Crippen LogP contribution in [0.5, 0.6) is 5.75 Å². The molecule has 5 N–H and O–H groups in total. The Hall–Kier alpha value is -5.25. The second kappa shape index (κ2) is 14.5. The van der Waals surface area contributed by atoms with Gasteiger partial charge in [0, 0.05) is 44.3 Å². The van der Waals surface area contributed by atoms with Crippen LogP contribution < -0.4 is 31.3 Å². The third kappa shape index (κ3) is 7.60. The SMILES string of the molecule is N#CCn1cc(-c2cnc3c(Nc4ccc(C(=O)NCCNCC(=O)N[C@@H]5CCNC5)c(Cl)c4OC=O)nccn23)c(C(F)(F)F)n1. The van der Waals surface area contributed by atoms with Gasteiger partial charge in [0.05, 0.1) is 46.3 Å². The third-order valence-electron chi connectivity index (χ3n) is 7.03. The number of nitrogens with zero attached hydrogens (tertiary/aromatic N) is 6. The van der Waals surface area contributed by atoms with E-state index in [0.29, 0.717) is 6.54 Å². The lowest BCUT2D eigenvalue weighted by Crippen LogP contribution is -2.42. The highest BCUT2D eigenvalue weighted by Gasteiger charge is 2.38. The van der Waals surface area contributed by atoms with Crippen LogP contribution in [-0.2, 0) is 22.3 Å². The Morgan fingerprint density at radius 1 is 1.26 bits per heavy atom. The average molecular weight is 674 g/mol. The van der Waals surface area contributed by atoms with Crippen LogP contribution in [0.15, 0.2) is 36.9 Å². The number of hydrogen-bond donors (Lipinski definition) is 5. The quantitative estimate of drug-likeness (QED) is 0.103. The van der Waals surface area contributed by atoms with Crippen molar-refractivity contribution in [2.24, 2.45) is 0 Å². The smallest absolute Gasteiger partial charge is 0.425 e. The number of carbonyl (C=O) groups excluding carboxylic acids is 3. The first-order chi connectivity index (χ1) is 22.6. The molecule has 4 aromatic rings. The lowest BCUT2D eigenvalue weighted by molar-refractivity contribution is -0.141. The van der Waals surface area contributed by atoms with Crippen molar-refractivity contribution in [3.05, 3.63) is 53.2 Å². The van der Waals surface area contributed by atoms with Crippen molar-refractivity contribution in [1.29, 1.82) is 5.26 Å². The molecule has 15 nitrogen and oxygen atoms in total. The van der Waals surface area contributed by atoms with E-state index in [-0.39, 0.29) is 76.3 Å². The third-order valence-corrected chi connectivity index (χ3v) is 7.40. The van der Waals surface area contributed by atoms with Gasteiger partial charge in [0.15, 0.2) is 22.9 Å². The fraction of sp³-hybridized carbons (Fsp3) is 0.321. The molecule has 1 aromatic carbocycles. The van der Waals surface area contributed by atoms with E-state index in [1.807, 2.05) is 0 Å². The molecule has 0 radical (unpaired) electrons. The Morgan fingerprint density at radius 3 is 2.81 bits per heavy atom. The summed E-state index contributed by atoms with van der Waals surface area (Å²) in [7, 11) is 0. The number of aromatic nitrogens is 5. The Morgan fingerprint density at radius 2 is 2.09 bits per heavy atom. The molecule has 0 unspecified atom stereocenters. The minimum absolute atomic E-state index is 0.0103. The van der Waals surface area contributed by atoms with Crippen LogP contribution in [0.2, 0.25) is 5.02 Å². The van der Waals surface area contributed by atoms with Gasteiger partial charge in [-0.3, -0.25) is 23.5 Å². The summed E-state index contributed by atoms with van der Waals surface area (Å²) in [6.45, 7) is 1.85. The number of nitriles is 1. The van der Waals surface area contributed by atoms with Gasteiger partial charge in [-0.2, -0.15) is 23.5 Å². The topological polar surface area (TPSA) is 192 Å². The van der Waals surface area contributed by atoms with E-state index in [0.717, 1.165) is 30.4 Å². The average Bonchev–Trinajstić information content (AvgIpc) is 3.79. The number of ether oxygens (including phenoxy) is 1. The van der Waals surface area contributed by atoms with Gasteiger partial charge in [-0.1, -0.05) is 11.6 Å². The maximum absolute atomic E-state index is 13.8. The molecule has 246 valence electrons. The van der Waals surface area contributed by atoms with E-state index >= 15 is 0 Å². The first-order valence-electron chi connectivity index (χ1n) is 14.1. The first kappa shape index (κ1) is 33.1. The maximum Gasteiger partial charge on any atom is 0.435 e. The monoisotopic (exact) mass is 673 g/mol. The Labute approximate surface area is 269 Å². The molecule has 4 heterocycles. The van der Waals surface area contributed by atoms with Crippen molar-refractivity contribution in [2.75, 3.05) is 38.0 Å². The number of amides is 2. The first-order valence-corrected chi connectivity index (χ1v) is 14.5. The highest BCUT2D eigenvalue weighted by atomic mass is 35.5. The molecule has 5 rings (SSSR count). The van der Waals surface area contributed by atoms with Gasteiger partial charge in [-0.15, -0.1) is 0 Å². The van der Waals surface area contributed by atoms with E-state index in [1.165, 1.54) is 35.1 Å². The summed E-state index contributed by atoms with van der Waals surface area (Å²) in [4.78, 5) is 44.7. The Kier molecular flexibility index (Phi) is 10.2. The molecule has 0 bridgehead atoms. The van der Waals surface area contributed by atoms with Gasteiger partial charge >= 0.3 is 6.18 Å². The maximum atomic E-state index is 13.8. The van der Waals surface area contributed by atoms with Gasteiger partial charge < -0.3 is 31.3 Å². The van der Waals surface area contributed by atoms with Crippen molar-refractivity contribution in [3.8, 4) is 23.1 Å². The second-order valence-corrected chi connectivity index (χ2v) is 10.6. The number of anilines is 2. The fourth-order valence-electron chi connectivity index (χ4n) is 4.92. The van der Waals surface area contributed by atoms with E-state index < -0.39 is 24.3 Å². The predicted molar refractivity (Wildman–Crippen MR) is 161 cm³/mol. The zero-order chi connectivity index (χ0) is 33.6. The van der Waals surface area contributed by atoms with Crippen molar-refractivity contribution in [2.45, 2.75) is 25.2 Å². The summed E-state index contributed by atoms with van der Waals surface area (Å²) in [5.74, 6) is -0.879. The number of carbonyl (C=O) groups is 3. The van der Waals surface area contributed by atoms with Crippen molar-refractivity contribution >= 4 is 47.0 Å². The highest BCUT2D eigenvalue weighted by Crippen LogP contribution is 2.39. The number of imidazole rings is 1. The Bertz CT molecular complexity index is 1830. The molecular formula is C28H27ClF3N11O4. The minimum atomic E-state index is -4.81. The van der Waals surface area contributed by atoms with Crippen LogP contribution in [0.25, 0.3) is 16.9 Å². The van der Waals surface area contributed by atoms with Gasteiger partial charge in [0.1, 0.15) is 6.54 Å². The molecule has 19 heteroatoms. The van der Waals surface area contributed by atoms with Gasteiger partial charge in [0.2, 0.25) is 5.91 Å². The Balaban J connectivity index is 1.30. The van der Waals surface area contributed by atoms with E-state index in [9.17, 15) is 27.6 Å². The summed E-state index contributed by atoms with van der Waals surface area (Å²) in [6.07, 6.45) is 1.06. The van der Waals surface area contributed by atoms with Crippen LogP contribution in [0.1, 0.15) is 22.5 Å². The van der Waals surface area contributed by atoms with E-state index in [2.05, 4.69) is 41.7 Å². The summed E-state index contributed by atoms with van der Waals surface area (Å²) >= 11 is 6.47. The van der Waals surface area contributed by atoms with Gasteiger partial charge in [-0.25, -0.2) is 9.97 Å². The number of fused-ring (bicyclic) bond motifs is 1. The fourth-order valence-corrected chi connectivity index (χ4v) is 5.21. The molecule has 0 saturated carbocycles. The second-order valence-electron chi connectivity index (χ2n) is 10.2. The largest absolute Gasteiger partial charge is 0.435 e. The summed E-state index contributed by atoms with van der Waals surface area (Å²) in [5.41, 5.74) is -1.28. The minimum Gasteiger partial charge on any atom is -0.425 e. The van der Waals surface area contributed by atoms with Crippen LogP contribution in [0, 0.1) is 11.3 Å². The summed E-state index contributed by atoms with van der Waals surface area (Å²) in [5, 5.41) is 26.8. The van der Waals surface area contributed by atoms with Crippen LogP contribution >= 0.6 is 11.6 Å². The molecule has 1 aliphatic heterocycles. The number of benzene rings is 1. The standard InChI is InChI=1S/C28H27ClF3N11O4/c29-22-17(27(46)37-7-6-35-13-21(45)39-16-3-5-34-11-16)1-2-19(23(22)47-15-44)40-25-26-38-12-20(43(26)10-8-36-25)18-14-42(9-4-33)41-24(18)28(30,31)32/h1-2,8,10,12,14-16,34-35H,3,5-7,9,11,13H2,(H,36,40)(H,37,46)(H,39,45)/t16-/m1/s1. The predicted octanol–water partition coefficient (Wildman–Crippen LogP) is 1.86. The number of alkyl halides is 3. The molecule has 1 saturated heterocycles. The van der Waals surface area contributed by atoms with Crippen molar-refractivity contribution < 1.29 is 32.3 Å². The zero-order valence-electron chi connectivity index (χ0n) is 24.4. The number of hydrogen-bond acceptors (Lipinski definition) is 11. The van der Waals surface area contributed by atoms with Crippen molar-refractivity contribution in [3.63, 3.8) is 0 Å². The number of nitrogens with one attached hydrogen (secondary N) is 5. The summed E-state index contributed by atoms with van der Waals surface area (Å²) < 4.78 is 48.7. The molecule has 1 aliphatic rings. The van der Waals surface area contributed by atoms with Gasteiger partial charge in [-0.05, 0) is 25.1 Å². The lowest BCUT2D eigenvalue weighted by Gasteiger charge is -2.15.